The van der Waals surface area contributed by atoms with E-state index in [1.807, 2.05) is 36.4 Å². The van der Waals surface area contributed by atoms with E-state index in [9.17, 15) is 9.59 Å². The zero-order valence-electron chi connectivity index (χ0n) is 15.3. The maximum atomic E-state index is 12.0. The van der Waals surface area contributed by atoms with Crippen LogP contribution >= 0.6 is 0 Å². The SMILES string of the molecule is CC(C)(C)[Si](COC(=O)/C=C\C(=O)O)(c1ccccc1)c1ccccc1. The number of hydrogen-bond acceptors (Lipinski definition) is 3. The van der Waals surface area contributed by atoms with Gasteiger partial charge in [-0.25, -0.2) is 9.59 Å². The highest BCUT2D eigenvalue weighted by Crippen LogP contribution is 2.36. The number of aliphatic carboxylic acids is 1. The molecule has 2 aromatic carbocycles. The number of ether oxygens (including phenoxy) is 1. The molecule has 5 heteroatoms. The van der Waals surface area contributed by atoms with Crippen molar-refractivity contribution in [2.45, 2.75) is 25.8 Å². The monoisotopic (exact) mass is 368 g/mol. The molecule has 4 nitrogen and oxygen atoms in total. The number of carbonyl (C=O) groups is 2. The molecule has 0 saturated carbocycles. The highest BCUT2D eigenvalue weighted by Gasteiger charge is 2.48. The lowest BCUT2D eigenvalue weighted by atomic mass is 10.2. The predicted octanol–water partition coefficient (Wildman–Crippen LogP) is 2.77. The quantitative estimate of drug-likeness (QED) is 0.484. The summed E-state index contributed by atoms with van der Waals surface area (Å²) in [7, 11) is -2.49. The van der Waals surface area contributed by atoms with Crippen LogP contribution in [-0.2, 0) is 14.3 Å². The highest BCUT2D eigenvalue weighted by molar-refractivity contribution is 7.04. The van der Waals surface area contributed by atoms with Crippen molar-refractivity contribution in [3.8, 4) is 0 Å². The van der Waals surface area contributed by atoms with Gasteiger partial charge >= 0.3 is 11.9 Å². The van der Waals surface area contributed by atoms with Gasteiger partial charge in [0.05, 0.1) is 6.23 Å². The zero-order valence-corrected chi connectivity index (χ0v) is 16.3. The Morgan fingerprint density at radius 2 is 1.38 bits per heavy atom. The predicted molar refractivity (Wildman–Crippen MR) is 105 cm³/mol. The Morgan fingerprint density at radius 1 is 0.923 bits per heavy atom. The van der Waals surface area contributed by atoms with E-state index in [2.05, 4.69) is 45.0 Å². The summed E-state index contributed by atoms with van der Waals surface area (Å²) in [6.07, 6.45) is 2.00. The van der Waals surface area contributed by atoms with E-state index in [-0.39, 0.29) is 11.3 Å². The van der Waals surface area contributed by atoms with Crippen molar-refractivity contribution in [2.75, 3.05) is 6.23 Å². The van der Waals surface area contributed by atoms with Crippen molar-refractivity contribution in [3.63, 3.8) is 0 Å². The van der Waals surface area contributed by atoms with Crippen molar-refractivity contribution in [2.24, 2.45) is 0 Å². The van der Waals surface area contributed by atoms with Crippen LogP contribution in [0.15, 0.2) is 72.8 Å². The lowest BCUT2D eigenvalue weighted by Gasteiger charge is -2.43. The Hall–Kier alpha value is -2.66. The zero-order chi connectivity index (χ0) is 19.2. The fourth-order valence-electron chi connectivity index (χ4n) is 3.23. The number of benzene rings is 2. The Labute approximate surface area is 155 Å². The van der Waals surface area contributed by atoms with Crippen LogP contribution in [-0.4, -0.2) is 31.3 Å². The van der Waals surface area contributed by atoms with Gasteiger partial charge in [-0.1, -0.05) is 81.4 Å². The molecule has 2 aromatic rings. The van der Waals surface area contributed by atoms with E-state index in [0.29, 0.717) is 0 Å². The van der Waals surface area contributed by atoms with Gasteiger partial charge in [-0.2, -0.15) is 0 Å². The second-order valence-corrected chi connectivity index (χ2v) is 11.9. The molecule has 0 spiro atoms. The Bertz CT molecular complexity index is 737. The minimum Gasteiger partial charge on any atom is -0.478 e. The van der Waals surface area contributed by atoms with Gasteiger partial charge in [0.25, 0.3) is 0 Å². The van der Waals surface area contributed by atoms with Crippen LogP contribution in [0.5, 0.6) is 0 Å². The van der Waals surface area contributed by atoms with Crippen LogP contribution in [0.4, 0.5) is 0 Å². The van der Waals surface area contributed by atoms with Gasteiger partial charge in [-0.05, 0) is 15.4 Å². The number of carbonyl (C=O) groups excluding carboxylic acids is 1. The van der Waals surface area contributed by atoms with Gasteiger partial charge in [0, 0.05) is 12.2 Å². The normalized spacial score (nSPS) is 12.1. The van der Waals surface area contributed by atoms with Gasteiger partial charge in [0.2, 0.25) is 0 Å². The third kappa shape index (κ3) is 4.29. The lowest BCUT2D eigenvalue weighted by molar-refractivity contribution is -0.137. The van der Waals surface area contributed by atoms with Crippen molar-refractivity contribution < 1.29 is 19.4 Å². The minimum atomic E-state index is -2.49. The first-order valence-electron chi connectivity index (χ1n) is 8.46. The van der Waals surface area contributed by atoms with Crippen LogP contribution in [0.25, 0.3) is 0 Å². The molecule has 0 aliphatic rings. The summed E-state index contributed by atoms with van der Waals surface area (Å²) >= 11 is 0. The molecule has 136 valence electrons. The first-order chi connectivity index (χ1) is 12.3. The van der Waals surface area contributed by atoms with Crippen LogP contribution < -0.4 is 10.4 Å². The van der Waals surface area contributed by atoms with E-state index in [1.54, 1.807) is 0 Å². The molecule has 0 fully saturated rings. The molecule has 2 rings (SSSR count). The number of carboxylic acids is 1. The smallest absolute Gasteiger partial charge is 0.330 e. The largest absolute Gasteiger partial charge is 0.478 e. The molecule has 0 saturated heterocycles. The second kappa shape index (κ2) is 8.14. The van der Waals surface area contributed by atoms with E-state index in [0.717, 1.165) is 12.2 Å². The van der Waals surface area contributed by atoms with Crippen LogP contribution in [0.1, 0.15) is 20.8 Å². The topological polar surface area (TPSA) is 63.6 Å². The van der Waals surface area contributed by atoms with Crippen LogP contribution in [0.3, 0.4) is 0 Å². The van der Waals surface area contributed by atoms with Crippen molar-refractivity contribution in [1.29, 1.82) is 0 Å². The Balaban J connectivity index is 2.51. The maximum Gasteiger partial charge on any atom is 0.330 e. The van der Waals surface area contributed by atoms with Gasteiger partial charge in [-0.3, -0.25) is 0 Å². The van der Waals surface area contributed by atoms with E-state index in [4.69, 9.17) is 9.84 Å². The molecule has 26 heavy (non-hydrogen) atoms. The summed E-state index contributed by atoms with van der Waals surface area (Å²) in [5.74, 6) is -1.81. The van der Waals surface area contributed by atoms with Crippen LogP contribution in [0.2, 0.25) is 5.04 Å². The van der Waals surface area contributed by atoms with Gasteiger partial charge < -0.3 is 9.84 Å². The molecule has 1 N–H and O–H groups in total. The Morgan fingerprint density at radius 3 is 1.77 bits per heavy atom. The van der Waals surface area contributed by atoms with E-state index in [1.165, 1.54) is 10.4 Å². The molecule has 0 aliphatic carbocycles. The molecule has 0 aromatic heterocycles. The fraction of sp³-hybridized carbons (Fsp3) is 0.238. The fourth-order valence-corrected chi connectivity index (χ4v) is 7.94. The summed E-state index contributed by atoms with van der Waals surface area (Å²) in [6, 6.07) is 20.3. The summed E-state index contributed by atoms with van der Waals surface area (Å²) in [6.45, 7) is 6.50. The number of hydrogen-bond donors (Lipinski definition) is 1. The van der Waals surface area contributed by atoms with Crippen LogP contribution in [0, 0.1) is 0 Å². The number of carboxylic acid groups (broad SMARTS) is 1. The summed E-state index contributed by atoms with van der Waals surface area (Å²) in [4.78, 5) is 22.7. The maximum absolute atomic E-state index is 12.0. The number of rotatable bonds is 6. The third-order valence-corrected chi connectivity index (χ3v) is 10.4. The first-order valence-corrected chi connectivity index (χ1v) is 10.7. The van der Waals surface area contributed by atoms with Gasteiger partial charge in [-0.15, -0.1) is 0 Å². The first kappa shape index (κ1) is 19.7. The van der Waals surface area contributed by atoms with Crippen molar-refractivity contribution >= 4 is 30.4 Å². The molecule has 0 unspecified atom stereocenters. The summed E-state index contributed by atoms with van der Waals surface area (Å²) < 4.78 is 5.57. The summed E-state index contributed by atoms with van der Waals surface area (Å²) in [5.41, 5.74) is 0. The molecule has 0 radical (unpaired) electrons. The van der Waals surface area contributed by atoms with Crippen molar-refractivity contribution in [3.05, 3.63) is 72.8 Å². The van der Waals surface area contributed by atoms with Gasteiger partial charge in [0.1, 0.15) is 0 Å². The standard InChI is InChI=1S/C21H24O4Si/c1-21(2,3)26(17-10-6-4-7-11-17,18-12-8-5-9-13-18)16-25-20(24)15-14-19(22)23/h4-15H,16H2,1-3H3,(H,22,23)/b15-14-. The lowest BCUT2D eigenvalue weighted by Crippen LogP contribution is -2.67. The highest BCUT2D eigenvalue weighted by atomic mass is 28.3. The molecule has 0 atom stereocenters. The molecule has 0 aliphatic heterocycles. The molecule has 0 heterocycles. The number of esters is 1. The second-order valence-electron chi connectivity index (χ2n) is 7.17. The van der Waals surface area contributed by atoms with E-state index >= 15 is 0 Å². The van der Waals surface area contributed by atoms with E-state index < -0.39 is 20.0 Å². The molecule has 0 bridgehead atoms. The average Bonchev–Trinajstić information content (AvgIpc) is 2.61. The van der Waals surface area contributed by atoms with Gasteiger partial charge in [0.15, 0.2) is 8.07 Å². The molecule has 0 amide bonds. The third-order valence-electron chi connectivity index (χ3n) is 4.61. The molecular formula is C21H24O4Si. The summed E-state index contributed by atoms with van der Waals surface area (Å²) in [5, 5.41) is 10.9. The average molecular weight is 369 g/mol. The molecular weight excluding hydrogens is 344 g/mol. The minimum absolute atomic E-state index is 0.132. The van der Waals surface area contributed by atoms with Crippen molar-refractivity contribution in [1.82, 2.24) is 0 Å². The Kier molecular flexibility index (Phi) is 6.16.